The highest BCUT2D eigenvalue weighted by Crippen LogP contribution is 2.31. The fourth-order valence-electron chi connectivity index (χ4n) is 4.02. The van der Waals surface area contributed by atoms with Crippen LogP contribution in [0.2, 0.25) is 0 Å². The van der Waals surface area contributed by atoms with E-state index in [2.05, 4.69) is 0 Å². The van der Waals surface area contributed by atoms with Crippen LogP contribution >= 0.6 is 0 Å². The Morgan fingerprint density at radius 3 is 2.50 bits per heavy atom. The molecule has 2 nitrogen and oxygen atoms in total. The van der Waals surface area contributed by atoms with E-state index in [9.17, 15) is 13.6 Å². The van der Waals surface area contributed by atoms with Gasteiger partial charge in [-0.3, -0.25) is 4.79 Å². The number of amides is 1. The SMILES string of the molecule is NC(=O)c1cccc(-c2ccc(CC[C@@H]3Cc4ccc(F)cc4C3)c(F)c2)c1. The number of halogens is 2. The van der Waals surface area contributed by atoms with E-state index in [1.807, 2.05) is 24.3 Å². The molecule has 0 bridgehead atoms. The van der Waals surface area contributed by atoms with Gasteiger partial charge >= 0.3 is 0 Å². The van der Waals surface area contributed by atoms with Crippen molar-refractivity contribution in [3.05, 3.63) is 94.6 Å². The lowest BCUT2D eigenvalue weighted by Gasteiger charge is -2.11. The molecule has 0 saturated carbocycles. The van der Waals surface area contributed by atoms with E-state index in [0.717, 1.165) is 30.4 Å². The maximum Gasteiger partial charge on any atom is 0.248 e. The fourth-order valence-corrected chi connectivity index (χ4v) is 4.02. The monoisotopic (exact) mass is 377 g/mol. The van der Waals surface area contributed by atoms with E-state index >= 15 is 0 Å². The molecule has 1 amide bonds. The molecule has 28 heavy (non-hydrogen) atoms. The first-order valence-electron chi connectivity index (χ1n) is 9.45. The van der Waals surface area contributed by atoms with Crippen molar-refractivity contribution in [3.63, 3.8) is 0 Å². The molecule has 0 saturated heterocycles. The average molecular weight is 377 g/mol. The zero-order chi connectivity index (χ0) is 19.7. The number of primary amides is 1. The van der Waals surface area contributed by atoms with Crippen molar-refractivity contribution in [1.82, 2.24) is 0 Å². The van der Waals surface area contributed by atoms with Crippen LogP contribution in [0.4, 0.5) is 8.78 Å². The summed E-state index contributed by atoms with van der Waals surface area (Å²) in [4.78, 5) is 11.3. The number of rotatable bonds is 5. The number of benzene rings is 3. The molecular weight excluding hydrogens is 356 g/mol. The molecule has 0 aromatic heterocycles. The quantitative estimate of drug-likeness (QED) is 0.662. The molecule has 4 rings (SSSR count). The van der Waals surface area contributed by atoms with Crippen molar-refractivity contribution in [2.24, 2.45) is 11.7 Å². The predicted molar refractivity (Wildman–Crippen MR) is 106 cm³/mol. The second-order valence-electron chi connectivity index (χ2n) is 7.48. The molecule has 2 N–H and O–H groups in total. The summed E-state index contributed by atoms with van der Waals surface area (Å²) < 4.78 is 28.0. The Hall–Kier alpha value is -3.01. The molecule has 3 aromatic carbocycles. The summed E-state index contributed by atoms with van der Waals surface area (Å²) in [5.74, 6) is -0.524. The zero-order valence-corrected chi connectivity index (χ0v) is 15.4. The number of aryl methyl sites for hydroxylation is 1. The van der Waals surface area contributed by atoms with Crippen molar-refractivity contribution in [2.75, 3.05) is 0 Å². The van der Waals surface area contributed by atoms with Crippen LogP contribution in [0.3, 0.4) is 0 Å². The summed E-state index contributed by atoms with van der Waals surface area (Å²) in [5, 5.41) is 0. The average Bonchev–Trinajstić information content (AvgIpc) is 3.09. The van der Waals surface area contributed by atoms with Gasteiger partial charge in [-0.1, -0.05) is 30.3 Å². The number of fused-ring (bicyclic) bond motifs is 1. The minimum Gasteiger partial charge on any atom is -0.366 e. The molecule has 0 heterocycles. The van der Waals surface area contributed by atoms with Crippen LogP contribution in [0.25, 0.3) is 11.1 Å². The molecule has 0 aliphatic heterocycles. The van der Waals surface area contributed by atoms with Crippen LogP contribution in [0, 0.1) is 17.6 Å². The van der Waals surface area contributed by atoms with Gasteiger partial charge in [0, 0.05) is 5.56 Å². The third-order valence-electron chi connectivity index (χ3n) is 5.54. The van der Waals surface area contributed by atoms with E-state index in [0.29, 0.717) is 29.0 Å². The van der Waals surface area contributed by atoms with Gasteiger partial charge in [-0.05, 0) is 89.8 Å². The molecular formula is C24H21F2NO. The summed E-state index contributed by atoms with van der Waals surface area (Å²) in [6.45, 7) is 0. The molecule has 0 spiro atoms. The van der Waals surface area contributed by atoms with Gasteiger partial charge in [0.1, 0.15) is 11.6 Å². The molecule has 4 heteroatoms. The van der Waals surface area contributed by atoms with Crippen molar-refractivity contribution in [3.8, 4) is 11.1 Å². The lowest BCUT2D eigenvalue weighted by Crippen LogP contribution is -2.10. The van der Waals surface area contributed by atoms with Crippen LogP contribution in [0.1, 0.15) is 33.5 Å². The predicted octanol–water partition coefficient (Wildman–Crippen LogP) is 5.08. The van der Waals surface area contributed by atoms with Crippen LogP contribution in [0.15, 0.2) is 60.7 Å². The van der Waals surface area contributed by atoms with Gasteiger partial charge in [-0.2, -0.15) is 0 Å². The Bertz CT molecular complexity index is 1040. The summed E-state index contributed by atoms with van der Waals surface area (Å²) in [6, 6.07) is 17.1. The molecule has 1 aliphatic carbocycles. The highest BCUT2D eigenvalue weighted by atomic mass is 19.1. The van der Waals surface area contributed by atoms with E-state index in [1.54, 1.807) is 24.3 Å². The number of carbonyl (C=O) groups excluding carboxylic acids is 1. The van der Waals surface area contributed by atoms with Crippen molar-refractivity contribution < 1.29 is 13.6 Å². The Morgan fingerprint density at radius 2 is 1.71 bits per heavy atom. The minimum atomic E-state index is -0.503. The lowest BCUT2D eigenvalue weighted by atomic mass is 9.95. The van der Waals surface area contributed by atoms with Crippen LogP contribution in [-0.4, -0.2) is 5.91 Å². The number of hydrogen-bond acceptors (Lipinski definition) is 1. The van der Waals surface area contributed by atoms with Gasteiger partial charge in [-0.25, -0.2) is 8.78 Å². The van der Waals surface area contributed by atoms with E-state index < -0.39 is 5.91 Å². The zero-order valence-electron chi connectivity index (χ0n) is 15.4. The third kappa shape index (κ3) is 3.81. The highest BCUT2D eigenvalue weighted by Gasteiger charge is 2.22. The summed E-state index contributed by atoms with van der Waals surface area (Å²) in [7, 11) is 0. The first-order valence-corrected chi connectivity index (χ1v) is 9.45. The smallest absolute Gasteiger partial charge is 0.248 e. The Balaban J connectivity index is 1.44. The first-order chi connectivity index (χ1) is 13.5. The van der Waals surface area contributed by atoms with Crippen molar-refractivity contribution in [2.45, 2.75) is 25.7 Å². The summed E-state index contributed by atoms with van der Waals surface area (Å²) >= 11 is 0. The summed E-state index contributed by atoms with van der Waals surface area (Å²) in [5.41, 5.74) is 10.2. The highest BCUT2D eigenvalue weighted by molar-refractivity contribution is 5.94. The van der Waals surface area contributed by atoms with E-state index in [-0.39, 0.29) is 11.6 Å². The molecule has 142 valence electrons. The van der Waals surface area contributed by atoms with Crippen LogP contribution < -0.4 is 5.73 Å². The summed E-state index contributed by atoms with van der Waals surface area (Å²) in [6.07, 6.45) is 3.29. The van der Waals surface area contributed by atoms with Gasteiger partial charge in [0.25, 0.3) is 0 Å². The van der Waals surface area contributed by atoms with Gasteiger partial charge in [0.05, 0.1) is 0 Å². The molecule has 0 radical (unpaired) electrons. The van der Waals surface area contributed by atoms with Gasteiger partial charge in [0.15, 0.2) is 0 Å². The third-order valence-corrected chi connectivity index (χ3v) is 5.54. The molecule has 0 unspecified atom stereocenters. The second kappa shape index (κ2) is 7.55. The molecule has 1 aliphatic rings. The number of carbonyl (C=O) groups is 1. The van der Waals surface area contributed by atoms with Gasteiger partial charge in [0.2, 0.25) is 5.91 Å². The maximum absolute atomic E-state index is 14.6. The lowest BCUT2D eigenvalue weighted by molar-refractivity contribution is 0.100. The van der Waals surface area contributed by atoms with Gasteiger partial charge < -0.3 is 5.73 Å². The number of hydrogen-bond donors (Lipinski definition) is 1. The van der Waals surface area contributed by atoms with Crippen LogP contribution in [0.5, 0.6) is 0 Å². The Kier molecular flexibility index (Phi) is 4.95. The van der Waals surface area contributed by atoms with E-state index in [1.165, 1.54) is 17.7 Å². The Labute approximate surface area is 163 Å². The normalized spacial score (nSPS) is 15.4. The topological polar surface area (TPSA) is 43.1 Å². The molecule has 3 aromatic rings. The Morgan fingerprint density at radius 1 is 0.929 bits per heavy atom. The fraction of sp³-hybridized carbons (Fsp3) is 0.208. The van der Waals surface area contributed by atoms with Gasteiger partial charge in [-0.15, -0.1) is 0 Å². The molecule has 0 fully saturated rings. The van der Waals surface area contributed by atoms with E-state index in [4.69, 9.17) is 5.73 Å². The second-order valence-corrected chi connectivity index (χ2v) is 7.48. The van der Waals surface area contributed by atoms with Crippen molar-refractivity contribution >= 4 is 5.91 Å². The molecule has 1 atom stereocenters. The van der Waals surface area contributed by atoms with Crippen LogP contribution in [-0.2, 0) is 19.3 Å². The maximum atomic E-state index is 14.6. The number of nitrogens with two attached hydrogens (primary N) is 1. The standard InChI is InChI=1S/C24H21F2NO/c25-22-9-8-18-10-15(11-21(18)13-22)4-5-16-6-7-19(14-23(16)26)17-2-1-3-20(12-17)24(27)28/h1-3,6-9,12-15H,4-5,10-11H2,(H2,27,28)/t15-/m1/s1. The largest absolute Gasteiger partial charge is 0.366 e. The minimum absolute atomic E-state index is 0.193. The first kappa shape index (κ1) is 18.4. The van der Waals surface area contributed by atoms with Crippen molar-refractivity contribution in [1.29, 1.82) is 0 Å².